The summed E-state index contributed by atoms with van der Waals surface area (Å²) in [5, 5.41) is 5.32. The summed E-state index contributed by atoms with van der Waals surface area (Å²) in [5.74, 6) is -0.338. The summed E-state index contributed by atoms with van der Waals surface area (Å²) in [4.78, 5) is 11.4. The van der Waals surface area contributed by atoms with Gasteiger partial charge in [0.2, 0.25) is 0 Å². The highest BCUT2D eigenvalue weighted by Crippen LogP contribution is 2.36. The van der Waals surface area contributed by atoms with Gasteiger partial charge in [-0.2, -0.15) is 5.10 Å². The number of ether oxygens (including phenoxy) is 1. The molecule has 0 saturated carbocycles. The second-order valence-electron chi connectivity index (χ2n) is 6.77. The molecule has 0 unspecified atom stereocenters. The minimum Gasteiger partial charge on any atom is -0.468 e. The smallest absolute Gasteiger partial charge is 0.468 e. The maximum absolute atomic E-state index is 11.4. The lowest BCUT2D eigenvalue weighted by Crippen LogP contribution is -2.41. The second-order valence-corrected chi connectivity index (χ2v) is 6.77. The molecular formula is C16H21BN2O4. The number of carbonyl (C=O) groups excluding carboxylic acids is 1. The van der Waals surface area contributed by atoms with Gasteiger partial charge in [-0.25, -0.2) is 0 Å². The molecule has 1 aromatic carbocycles. The Hall–Kier alpha value is -1.86. The van der Waals surface area contributed by atoms with Crippen LogP contribution in [0.3, 0.4) is 0 Å². The van der Waals surface area contributed by atoms with E-state index in [1.54, 1.807) is 4.68 Å². The van der Waals surface area contributed by atoms with Crippen LogP contribution in [-0.2, 0) is 25.4 Å². The lowest BCUT2D eigenvalue weighted by molar-refractivity contribution is -0.141. The van der Waals surface area contributed by atoms with Crippen LogP contribution in [0.4, 0.5) is 0 Å². The van der Waals surface area contributed by atoms with Crippen molar-refractivity contribution in [1.29, 1.82) is 0 Å². The number of carbonyl (C=O) groups is 1. The van der Waals surface area contributed by atoms with Crippen molar-refractivity contribution in [3.8, 4) is 0 Å². The standard InChI is InChI=1S/C16H21BN2O4/c1-15(2)16(3,4)23-17(22-15)12-7-6-8-13-11(12)9-19(18-13)10-14(20)21-5/h6-9H,10H2,1-5H3. The maximum Gasteiger partial charge on any atom is 0.495 e. The Kier molecular flexibility index (Phi) is 3.73. The fourth-order valence-corrected chi connectivity index (χ4v) is 2.57. The first-order chi connectivity index (χ1) is 10.7. The highest BCUT2D eigenvalue weighted by atomic mass is 16.7. The third kappa shape index (κ3) is 2.75. The highest BCUT2D eigenvalue weighted by molar-refractivity contribution is 6.65. The van der Waals surface area contributed by atoms with E-state index in [-0.39, 0.29) is 12.5 Å². The molecule has 0 amide bonds. The van der Waals surface area contributed by atoms with E-state index in [4.69, 9.17) is 9.31 Å². The number of fused-ring (bicyclic) bond motifs is 1. The van der Waals surface area contributed by atoms with Gasteiger partial charge in [0.1, 0.15) is 6.54 Å². The number of rotatable bonds is 3. The molecule has 0 radical (unpaired) electrons. The average molecular weight is 316 g/mol. The van der Waals surface area contributed by atoms with Crippen molar-refractivity contribution in [3.63, 3.8) is 0 Å². The van der Waals surface area contributed by atoms with E-state index in [9.17, 15) is 4.79 Å². The highest BCUT2D eigenvalue weighted by Gasteiger charge is 2.52. The van der Waals surface area contributed by atoms with E-state index in [1.807, 2.05) is 52.1 Å². The predicted octanol–water partition coefficient (Wildman–Crippen LogP) is 1.51. The van der Waals surface area contributed by atoms with Gasteiger partial charge in [0, 0.05) is 11.6 Å². The third-order valence-electron chi connectivity index (χ3n) is 4.66. The van der Waals surface area contributed by atoms with E-state index in [2.05, 4.69) is 9.84 Å². The topological polar surface area (TPSA) is 62.6 Å². The van der Waals surface area contributed by atoms with Crippen LogP contribution in [-0.4, -0.2) is 41.2 Å². The lowest BCUT2D eigenvalue weighted by atomic mass is 9.77. The van der Waals surface area contributed by atoms with E-state index < -0.39 is 18.3 Å². The van der Waals surface area contributed by atoms with Crippen LogP contribution in [0, 0.1) is 0 Å². The molecule has 1 aromatic heterocycles. The van der Waals surface area contributed by atoms with Crippen molar-refractivity contribution in [2.24, 2.45) is 0 Å². The van der Waals surface area contributed by atoms with Gasteiger partial charge in [-0.15, -0.1) is 0 Å². The molecule has 0 spiro atoms. The van der Waals surface area contributed by atoms with Gasteiger partial charge in [-0.3, -0.25) is 9.48 Å². The number of hydrogen-bond acceptors (Lipinski definition) is 5. The van der Waals surface area contributed by atoms with Gasteiger partial charge >= 0.3 is 13.1 Å². The van der Waals surface area contributed by atoms with Gasteiger partial charge in [-0.1, -0.05) is 12.1 Å². The van der Waals surface area contributed by atoms with Crippen LogP contribution in [0.2, 0.25) is 0 Å². The molecule has 0 N–H and O–H groups in total. The van der Waals surface area contributed by atoms with Crippen molar-refractivity contribution in [2.75, 3.05) is 7.11 Å². The summed E-state index contributed by atoms with van der Waals surface area (Å²) >= 11 is 0. The largest absolute Gasteiger partial charge is 0.495 e. The first-order valence-electron chi connectivity index (χ1n) is 7.62. The zero-order valence-electron chi connectivity index (χ0n) is 14.1. The first-order valence-corrected chi connectivity index (χ1v) is 7.62. The molecular weight excluding hydrogens is 295 g/mol. The molecule has 2 heterocycles. The third-order valence-corrected chi connectivity index (χ3v) is 4.66. The molecule has 1 saturated heterocycles. The van der Waals surface area contributed by atoms with Crippen molar-refractivity contribution in [1.82, 2.24) is 9.78 Å². The van der Waals surface area contributed by atoms with Crippen molar-refractivity contribution < 1.29 is 18.8 Å². The second kappa shape index (κ2) is 5.35. The molecule has 3 rings (SSSR count). The molecule has 1 fully saturated rings. The predicted molar refractivity (Wildman–Crippen MR) is 87.5 cm³/mol. The Labute approximate surface area is 135 Å². The van der Waals surface area contributed by atoms with Gasteiger partial charge in [0.25, 0.3) is 0 Å². The summed E-state index contributed by atoms with van der Waals surface area (Å²) in [6.45, 7) is 8.16. The average Bonchev–Trinajstić information content (AvgIpc) is 2.96. The number of nitrogens with zero attached hydrogens (tertiary/aromatic N) is 2. The van der Waals surface area contributed by atoms with Crippen molar-refractivity contribution in [2.45, 2.75) is 45.4 Å². The summed E-state index contributed by atoms with van der Waals surface area (Å²) in [5.41, 5.74) is 0.905. The molecule has 0 bridgehead atoms. The Bertz CT molecular complexity index is 738. The minimum atomic E-state index is -0.459. The normalized spacial score (nSPS) is 19.3. The van der Waals surface area contributed by atoms with Crippen LogP contribution >= 0.6 is 0 Å². The molecule has 7 heteroatoms. The zero-order chi connectivity index (χ0) is 16.8. The fraction of sp³-hybridized carbons (Fsp3) is 0.500. The number of hydrogen-bond donors (Lipinski definition) is 0. The van der Waals surface area contributed by atoms with Gasteiger partial charge in [-0.05, 0) is 39.2 Å². The van der Waals surface area contributed by atoms with Crippen LogP contribution in [0.25, 0.3) is 10.9 Å². The molecule has 6 nitrogen and oxygen atoms in total. The Balaban J connectivity index is 1.97. The maximum atomic E-state index is 11.4. The number of methoxy groups -OCH3 is 1. The summed E-state index contributed by atoms with van der Waals surface area (Å²) in [7, 11) is 0.904. The lowest BCUT2D eigenvalue weighted by Gasteiger charge is -2.32. The van der Waals surface area contributed by atoms with E-state index in [0.29, 0.717) is 0 Å². The molecule has 1 aliphatic heterocycles. The quantitative estimate of drug-likeness (QED) is 0.634. The number of benzene rings is 1. The zero-order valence-corrected chi connectivity index (χ0v) is 14.1. The Morgan fingerprint density at radius 1 is 1.26 bits per heavy atom. The summed E-state index contributed by atoms with van der Waals surface area (Å²) in [6, 6.07) is 5.78. The molecule has 1 aliphatic rings. The Morgan fingerprint density at radius 2 is 1.91 bits per heavy atom. The molecule has 0 aliphatic carbocycles. The number of aromatic nitrogens is 2. The van der Waals surface area contributed by atoms with Crippen LogP contribution in [0.15, 0.2) is 24.4 Å². The fourth-order valence-electron chi connectivity index (χ4n) is 2.57. The molecule has 122 valence electrons. The monoisotopic (exact) mass is 316 g/mol. The Morgan fingerprint density at radius 3 is 2.52 bits per heavy atom. The van der Waals surface area contributed by atoms with E-state index >= 15 is 0 Å². The SMILES string of the molecule is COC(=O)Cn1cc2c(B3OC(C)(C)C(C)(C)O3)cccc2n1. The first kappa shape index (κ1) is 16.0. The van der Waals surface area contributed by atoms with Gasteiger partial charge in [0.05, 0.1) is 23.8 Å². The van der Waals surface area contributed by atoms with Gasteiger partial charge < -0.3 is 14.0 Å². The van der Waals surface area contributed by atoms with Crippen LogP contribution in [0.1, 0.15) is 27.7 Å². The minimum absolute atomic E-state index is 0.0774. The molecule has 0 atom stereocenters. The number of esters is 1. The molecule has 2 aromatic rings. The summed E-state index contributed by atoms with van der Waals surface area (Å²) < 4.78 is 18.5. The molecule has 23 heavy (non-hydrogen) atoms. The van der Waals surface area contributed by atoms with E-state index in [1.165, 1.54) is 7.11 Å². The van der Waals surface area contributed by atoms with Crippen molar-refractivity contribution >= 4 is 29.5 Å². The van der Waals surface area contributed by atoms with Gasteiger partial charge in [0.15, 0.2) is 0 Å². The van der Waals surface area contributed by atoms with Crippen molar-refractivity contribution in [3.05, 3.63) is 24.4 Å². The van der Waals surface area contributed by atoms with Crippen LogP contribution in [0.5, 0.6) is 0 Å². The van der Waals surface area contributed by atoms with E-state index in [0.717, 1.165) is 16.4 Å². The van der Waals surface area contributed by atoms with Crippen LogP contribution < -0.4 is 5.46 Å². The summed E-state index contributed by atoms with van der Waals surface area (Å²) in [6.07, 6.45) is 1.83.